The van der Waals surface area contributed by atoms with Gasteiger partial charge in [-0.3, -0.25) is 0 Å². The summed E-state index contributed by atoms with van der Waals surface area (Å²) in [5.41, 5.74) is 6.30. The first-order valence-corrected chi connectivity index (χ1v) is 10.5. The van der Waals surface area contributed by atoms with Crippen molar-refractivity contribution in [2.75, 3.05) is 7.11 Å². The van der Waals surface area contributed by atoms with Crippen molar-refractivity contribution >= 4 is 22.6 Å². The van der Waals surface area contributed by atoms with Gasteiger partial charge in [-0.05, 0) is 58.3 Å². The van der Waals surface area contributed by atoms with Crippen molar-refractivity contribution < 1.29 is 9.37 Å². The predicted octanol–water partition coefficient (Wildman–Crippen LogP) is 5.03. The van der Waals surface area contributed by atoms with Crippen LogP contribution in [0.4, 0.5) is 0 Å². The van der Waals surface area contributed by atoms with Crippen LogP contribution in [0, 0.1) is 0 Å². The third-order valence-electron chi connectivity index (χ3n) is 5.22. The van der Waals surface area contributed by atoms with E-state index in [0.29, 0.717) is 18.1 Å². The van der Waals surface area contributed by atoms with E-state index >= 15 is 0 Å². The van der Waals surface area contributed by atoms with E-state index in [-0.39, 0.29) is 0 Å². The van der Waals surface area contributed by atoms with Gasteiger partial charge < -0.3 is 10.1 Å². The Labute approximate surface area is 189 Å². The highest BCUT2D eigenvalue weighted by molar-refractivity contribution is 6.33. The quantitative estimate of drug-likeness (QED) is 0.378. The van der Waals surface area contributed by atoms with Crippen molar-refractivity contribution in [3.63, 3.8) is 0 Å². The second kappa shape index (κ2) is 8.82. The van der Waals surface area contributed by atoms with E-state index in [0.717, 1.165) is 44.9 Å². The molecule has 5 rings (SSSR count). The largest absolute Gasteiger partial charge is 0.497 e. The van der Waals surface area contributed by atoms with E-state index in [9.17, 15) is 0 Å². The molecule has 32 heavy (non-hydrogen) atoms. The fourth-order valence-electron chi connectivity index (χ4n) is 3.57. The number of nitrogens with one attached hydrogen (secondary N) is 1. The number of benzene rings is 3. The van der Waals surface area contributed by atoms with Crippen LogP contribution in [-0.2, 0) is 13.1 Å². The first-order valence-electron chi connectivity index (χ1n) is 10.1. The molecule has 0 aliphatic carbocycles. The number of fused-ring (bicyclic) bond motifs is 1. The second-order valence-corrected chi connectivity index (χ2v) is 7.72. The molecule has 0 atom stereocenters. The van der Waals surface area contributed by atoms with Gasteiger partial charge >= 0.3 is 0 Å². The van der Waals surface area contributed by atoms with Gasteiger partial charge in [0.15, 0.2) is 0 Å². The number of hydrogen-bond donors (Lipinski definition) is 1. The van der Waals surface area contributed by atoms with Crippen molar-refractivity contribution in [2.24, 2.45) is 0 Å². The molecule has 0 radical (unpaired) electrons. The Bertz CT molecular complexity index is 1360. The average Bonchev–Trinajstić information content (AvgIpc) is 3.46. The van der Waals surface area contributed by atoms with E-state index in [4.69, 9.17) is 26.1 Å². The molecule has 2 aromatic heterocycles. The molecule has 160 valence electrons. The highest BCUT2D eigenvalue weighted by atomic mass is 35.5. The van der Waals surface area contributed by atoms with Gasteiger partial charge in [-0.2, -0.15) is 5.10 Å². The summed E-state index contributed by atoms with van der Waals surface area (Å²) >= 11 is 6.49. The molecule has 0 aliphatic heterocycles. The van der Waals surface area contributed by atoms with E-state index in [2.05, 4.69) is 15.6 Å². The molecule has 3 aromatic carbocycles. The molecule has 0 aliphatic rings. The number of halogens is 1. The fourth-order valence-corrected chi connectivity index (χ4v) is 3.79. The van der Waals surface area contributed by atoms with Gasteiger partial charge in [0.05, 0.1) is 23.5 Å². The Kier molecular flexibility index (Phi) is 5.58. The summed E-state index contributed by atoms with van der Waals surface area (Å²) in [6.07, 6.45) is 2.03. The van der Waals surface area contributed by atoms with Crippen molar-refractivity contribution in [2.45, 2.75) is 13.1 Å². The summed E-state index contributed by atoms with van der Waals surface area (Å²) in [7, 11) is 1.65. The molecule has 0 saturated carbocycles. The monoisotopic (exact) mass is 445 g/mol. The molecule has 1 N–H and O–H groups in total. The maximum Gasteiger partial charge on any atom is 0.135 e. The van der Waals surface area contributed by atoms with Gasteiger partial charge in [0, 0.05) is 30.4 Å². The number of methoxy groups -OCH3 is 1. The van der Waals surface area contributed by atoms with Crippen molar-refractivity contribution in [1.29, 1.82) is 0 Å². The van der Waals surface area contributed by atoms with Crippen LogP contribution in [0.1, 0.15) is 11.1 Å². The normalized spacial score (nSPS) is 11.2. The number of nitrogens with zero attached hydrogens (tertiary/aromatic N) is 4. The molecule has 0 bridgehead atoms. The third-order valence-corrected chi connectivity index (χ3v) is 5.55. The van der Waals surface area contributed by atoms with Crippen molar-refractivity contribution in [3.8, 4) is 22.7 Å². The molecule has 5 aromatic rings. The third kappa shape index (κ3) is 4.08. The Morgan fingerprint density at radius 2 is 1.78 bits per heavy atom. The molecule has 8 heteroatoms. The van der Waals surface area contributed by atoms with Gasteiger partial charge in [0.25, 0.3) is 0 Å². The van der Waals surface area contributed by atoms with Crippen LogP contribution in [0.15, 0.2) is 77.6 Å². The summed E-state index contributed by atoms with van der Waals surface area (Å²) in [5, 5.41) is 16.8. The number of aromatic nitrogens is 4. The Hall–Kier alpha value is -3.68. The first kappa shape index (κ1) is 20.2. The minimum atomic E-state index is 0.617. The van der Waals surface area contributed by atoms with Gasteiger partial charge in [-0.25, -0.2) is 9.31 Å². The van der Waals surface area contributed by atoms with Gasteiger partial charge in [-0.1, -0.05) is 35.9 Å². The molecule has 0 spiro atoms. The smallest absolute Gasteiger partial charge is 0.135 e. The predicted molar refractivity (Wildman–Crippen MR) is 123 cm³/mol. The minimum Gasteiger partial charge on any atom is -0.497 e. The van der Waals surface area contributed by atoms with Gasteiger partial charge in [0.1, 0.15) is 16.8 Å². The lowest BCUT2D eigenvalue weighted by Gasteiger charge is -2.06. The molecule has 2 heterocycles. The average molecular weight is 446 g/mol. The van der Waals surface area contributed by atoms with Crippen LogP contribution < -0.4 is 10.1 Å². The first-order chi connectivity index (χ1) is 15.7. The van der Waals surface area contributed by atoms with E-state index < -0.39 is 0 Å². The number of ether oxygens (including phenoxy) is 1. The highest BCUT2D eigenvalue weighted by Gasteiger charge is 2.15. The lowest BCUT2D eigenvalue weighted by molar-refractivity contribution is 0.315. The molecule has 0 unspecified atom stereocenters. The standard InChI is InChI=1S/C24H20ClN5O2/c1-31-19-9-7-18(8-10-19)30-15-17(24(27-30)20-4-2-3-5-21(20)25)14-26-13-16-6-11-22-23(12-16)29-32-28-22/h2-12,15,26H,13-14H2,1H3. The van der Waals surface area contributed by atoms with Gasteiger partial charge in [0.2, 0.25) is 0 Å². The van der Waals surface area contributed by atoms with Crippen LogP contribution in [0.5, 0.6) is 5.75 Å². The molecular weight excluding hydrogens is 426 g/mol. The molecule has 0 saturated heterocycles. The zero-order chi connectivity index (χ0) is 21.9. The lowest BCUT2D eigenvalue weighted by atomic mass is 10.1. The summed E-state index contributed by atoms with van der Waals surface area (Å²) in [4.78, 5) is 0. The topological polar surface area (TPSA) is 78.0 Å². The highest BCUT2D eigenvalue weighted by Crippen LogP contribution is 2.30. The SMILES string of the molecule is COc1ccc(-n2cc(CNCc3ccc4nonc4c3)c(-c3ccccc3Cl)n2)cc1. The van der Waals surface area contributed by atoms with Crippen LogP contribution in [0.25, 0.3) is 28.0 Å². The molecule has 0 amide bonds. The summed E-state index contributed by atoms with van der Waals surface area (Å²) in [6.45, 7) is 1.28. The maximum atomic E-state index is 6.49. The Balaban J connectivity index is 1.42. The lowest BCUT2D eigenvalue weighted by Crippen LogP contribution is -2.12. The van der Waals surface area contributed by atoms with E-state index in [1.165, 1.54) is 0 Å². The molecule has 7 nitrogen and oxygen atoms in total. The fraction of sp³-hybridized carbons (Fsp3) is 0.125. The second-order valence-electron chi connectivity index (χ2n) is 7.32. The van der Waals surface area contributed by atoms with Crippen LogP contribution in [0.2, 0.25) is 5.02 Å². The summed E-state index contributed by atoms with van der Waals surface area (Å²) in [6, 6.07) is 21.4. The van der Waals surface area contributed by atoms with Crippen molar-refractivity contribution in [1.82, 2.24) is 25.4 Å². The van der Waals surface area contributed by atoms with E-state index in [1.54, 1.807) is 7.11 Å². The van der Waals surface area contributed by atoms with Crippen LogP contribution >= 0.6 is 11.6 Å². The van der Waals surface area contributed by atoms with Gasteiger partial charge in [-0.15, -0.1) is 0 Å². The Morgan fingerprint density at radius 3 is 2.59 bits per heavy atom. The van der Waals surface area contributed by atoms with Crippen molar-refractivity contribution in [3.05, 3.63) is 89.1 Å². The maximum absolute atomic E-state index is 6.49. The summed E-state index contributed by atoms with van der Waals surface area (Å²) in [5.74, 6) is 0.799. The number of rotatable bonds is 7. The zero-order valence-corrected chi connectivity index (χ0v) is 18.1. The Morgan fingerprint density at radius 1 is 0.969 bits per heavy atom. The van der Waals surface area contributed by atoms with Crippen LogP contribution in [-0.4, -0.2) is 27.2 Å². The summed E-state index contributed by atoms with van der Waals surface area (Å²) < 4.78 is 11.9. The minimum absolute atomic E-state index is 0.617. The van der Waals surface area contributed by atoms with E-state index in [1.807, 2.05) is 77.6 Å². The van der Waals surface area contributed by atoms with Crippen LogP contribution in [0.3, 0.4) is 0 Å². The number of hydrogen-bond acceptors (Lipinski definition) is 6. The zero-order valence-electron chi connectivity index (χ0n) is 17.3. The molecule has 0 fully saturated rings. The molecular formula is C24H20ClN5O2.